The van der Waals surface area contributed by atoms with Gasteiger partial charge in [0.2, 0.25) is 5.91 Å². The minimum atomic E-state index is 0.0478. The molecule has 5 heteroatoms. The molecule has 18 heavy (non-hydrogen) atoms. The molecule has 0 radical (unpaired) electrons. The molecule has 2 aromatic rings. The van der Waals surface area contributed by atoms with Crippen molar-refractivity contribution in [2.45, 2.75) is 19.5 Å². The van der Waals surface area contributed by atoms with E-state index in [2.05, 4.69) is 26.2 Å². The van der Waals surface area contributed by atoms with Crippen molar-refractivity contribution < 1.29 is 4.79 Å². The van der Waals surface area contributed by atoms with Crippen LogP contribution in [0.25, 0.3) is 0 Å². The van der Waals surface area contributed by atoms with Gasteiger partial charge in [-0.25, -0.2) is 4.98 Å². The molecular formula is C13H14BrN3O. The highest BCUT2D eigenvalue weighted by Gasteiger charge is 2.01. The van der Waals surface area contributed by atoms with E-state index in [0.29, 0.717) is 19.5 Å². The van der Waals surface area contributed by atoms with Crippen LogP contribution in [0.4, 0.5) is 0 Å². The highest BCUT2D eigenvalue weighted by atomic mass is 79.9. The van der Waals surface area contributed by atoms with E-state index in [-0.39, 0.29) is 5.91 Å². The van der Waals surface area contributed by atoms with Gasteiger partial charge in [0.05, 0.1) is 6.33 Å². The van der Waals surface area contributed by atoms with Gasteiger partial charge in [0.25, 0.3) is 0 Å². The van der Waals surface area contributed by atoms with E-state index < -0.39 is 0 Å². The monoisotopic (exact) mass is 307 g/mol. The first kappa shape index (κ1) is 12.8. The fraction of sp³-hybridized carbons (Fsp3) is 0.231. The molecule has 1 heterocycles. The Labute approximate surface area is 114 Å². The van der Waals surface area contributed by atoms with Crippen LogP contribution in [-0.4, -0.2) is 15.5 Å². The minimum absolute atomic E-state index is 0.0478. The normalized spacial score (nSPS) is 10.3. The maximum Gasteiger partial charge on any atom is 0.222 e. The molecule has 0 saturated carbocycles. The van der Waals surface area contributed by atoms with Crippen LogP contribution in [0.3, 0.4) is 0 Å². The lowest BCUT2D eigenvalue weighted by Crippen LogP contribution is -2.23. The summed E-state index contributed by atoms with van der Waals surface area (Å²) in [5.74, 6) is 0.0478. The van der Waals surface area contributed by atoms with Crippen LogP contribution in [0.1, 0.15) is 12.0 Å². The third-order valence-electron chi connectivity index (χ3n) is 2.56. The molecule has 1 N–H and O–H groups in total. The van der Waals surface area contributed by atoms with E-state index >= 15 is 0 Å². The van der Waals surface area contributed by atoms with Crippen molar-refractivity contribution in [1.82, 2.24) is 14.9 Å². The van der Waals surface area contributed by atoms with Gasteiger partial charge < -0.3 is 9.88 Å². The molecule has 1 aromatic heterocycles. The van der Waals surface area contributed by atoms with Gasteiger partial charge in [-0.1, -0.05) is 28.1 Å². The first-order valence-corrected chi connectivity index (χ1v) is 6.50. The van der Waals surface area contributed by atoms with Crippen LogP contribution >= 0.6 is 15.9 Å². The highest BCUT2D eigenvalue weighted by Crippen LogP contribution is 2.10. The van der Waals surface area contributed by atoms with E-state index in [1.807, 2.05) is 35.0 Å². The minimum Gasteiger partial charge on any atom is -0.352 e. The lowest BCUT2D eigenvalue weighted by atomic mass is 10.2. The number of halogens is 1. The Morgan fingerprint density at radius 3 is 2.78 bits per heavy atom. The number of amides is 1. The summed E-state index contributed by atoms with van der Waals surface area (Å²) < 4.78 is 2.93. The Morgan fingerprint density at radius 1 is 1.33 bits per heavy atom. The molecule has 0 unspecified atom stereocenters. The number of benzene rings is 1. The molecule has 0 aliphatic carbocycles. The Kier molecular flexibility index (Phi) is 4.52. The predicted octanol–water partition coefficient (Wildman–Crippen LogP) is 2.35. The molecule has 0 bridgehead atoms. The number of imidazole rings is 1. The van der Waals surface area contributed by atoms with Gasteiger partial charge in [0, 0.05) is 36.4 Å². The summed E-state index contributed by atoms with van der Waals surface area (Å²) >= 11 is 3.38. The van der Waals surface area contributed by atoms with Gasteiger partial charge in [-0.3, -0.25) is 4.79 Å². The second-order valence-corrected chi connectivity index (χ2v) is 4.87. The second-order valence-electron chi connectivity index (χ2n) is 3.95. The van der Waals surface area contributed by atoms with Gasteiger partial charge in [-0.05, 0) is 17.7 Å². The number of aryl methyl sites for hydroxylation is 1. The number of hydrogen-bond donors (Lipinski definition) is 1. The van der Waals surface area contributed by atoms with E-state index in [1.54, 1.807) is 12.5 Å². The maximum absolute atomic E-state index is 11.6. The number of rotatable bonds is 5. The molecule has 94 valence electrons. The van der Waals surface area contributed by atoms with Crippen LogP contribution in [0, 0.1) is 0 Å². The topological polar surface area (TPSA) is 46.9 Å². The molecule has 0 atom stereocenters. The SMILES string of the molecule is O=C(CCn1ccnc1)NCc1ccc(Br)cc1. The van der Waals surface area contributed by atoms with Crippen molar-refractivity contribution in [2.24, 2.45) is 0 Å². The Bertz CT molecular complexity index is 493. The highest BCUT2D eigenvalue weighted by molar-refractivity contribution is 9.10. The van der Waals surface area contributed by atoms with Gasteiger partial charge in [0.15, 0.2) is 0 Å². The van der Waals surface area contributed by atoms with Crippen LogP contribution in [0.5, 0.6) is 0 Å². The van der Waals surface area contributed by atoms with Crippen molar-refractivity contribution in [3.05, 3.63) is 53.0 Å². The third kappa shape index (κ3) is 4.00. The number of carbonyl (C=O) groups excluding carboxylic acids is 1. The fourth-order valence-corrected chi connectivity index (χ4v) is 1.81. The van der Waals surface area contributed by atoms with Crippen LogP contribution in [0.2, 0.25) is 0 Å². The van der Waals surface area contributed by atoms with Crippen LogP contribution in [0.15, 0.2) is 47.5 Å². The van der Waals surface area contributed by atoms with E-state index in [1.165, 1.54) is 0 Å². The average Bonchev–Trinajstić information content (AvgIpc) is 2.89. The predicted molar refractivity (Wildman–Crippen MR) is 72.8 cm³/mol. The molecule has 1 aromatic carbocycles. The summed E-state index contributed by atoms with van der Waals surface area (Å²) in [6, 6.07) is 7.90. The molecule has 4 nitrogen and oxygen atoms in total. The zero-order valence-electron chi connectivity index (χ0n) is 9.84. The number of carbonyl (C=O) groups is 1. The summed E-state index contributed by atoms with van der Waals surface area (Å²) in [6.07, 6.45) is 5.73. The molecule has 0 saturated heterocycles. The number of hydrogen-bond acceptors (Lipinski definition) is 2. The summed E-state index contributed by atoms with van der Waals surface area (Å²) in [5, 5.41) is 2.89. The summed E-state index contributed by atoms with van der Waals surface area (Å²) in [4.78, 5) is 15.6. The second kappa shape index (κ2) is 6.35. The molecule has 0 fully saturated rings. The number of nitrogens with zero attached hydrogens (tertiary/aromatic N) is 2. The fourth-order valence-electron chi connectivity index (χ4n) is 1.54. The van der Waals surface area contributed by atoms with Gasteiger partial charge in [-0.2, -0.15) is 0 Å². The molecule has 2 rings (SSSR count). The van der Waals surface area contributed by atoms with E-state index in [0.717, 1.165) is 10.0 Å². The average molecular weight is 308 g/mol. The Hall–Kier alpha value is -1.62. The van der Waals surface area contributed by atoms with Gasteiger partial charge >= 0.3 is 0 Å². The number of nitrogens with one attached hydrogen (secondary N) is 1. The zero-order valence-corrected chi connectivity index (χ0v) is 11.4. The lowest BCUT2D eigenvalue weighted by molar-refractivity contribution is -0.121. The summed E-state index contributed by atoms with van der Waals surface area (Å²) in [5.41, 5.74) is 1.09. The first-order chi connectivity index (χ1) is 8.74. The Morgan fingerprint density at radius 2 is 2.11 bits per heavy atom. The van der Waals surface area contributed by atoms with Crippen molar-refractivity contribution in [3.63, 3.8) is 0 Å². The van der Waals surface area contributed by atoms with Crippen LogP contribution in [-0.2, 0) is 17.9 Å². The third-order valence-corrected chi connectivity index (χ3v) is 3.09. The molecule has 0 aliphatic heterocycles. The molecule has 0 spiro atoms. The molecule has 0 aliphatic rings. The first-order valence-electron chi connectivity index (χ1n) is 5.71. The lowest BCUT2D eigenvalue weighted by Gasteiger charge is -2.06. The van der Waals surface area contributed by atoms with Crippen molar-refractivity contribution in [3.8, 4) is 0 Å². The quantitative estimate of drug-likeness (QED) is 0.921. The smallest absolute Gasteiger partial charge is 0.222 e. The van der Waals surface area contributed by atoms with Crippen molar-refractivity contribution >= 4 is 21.8 Å². The van der Waals surface area contributed by atoms with Gasteiger partial charge in [0.1, 0.15) is 0 Å². The molecular weight excluding hydrogens is 294 g/mol. The van der Waals surface area contributed by atoms with Crippen LogP contribution < -0.4 is 5.32 Å². The Balaban J connectivity index is 1.73. The summed E-state index contributed by atoms with van der Waals surface area (Å²) in [7, 11) is 0. The standard InChI is InChI=1S/C13H14BrN3O/c14-12-3-1-11(2-4-12)9-16-13(18)5-7-17-8-6-15-10-17/h1-4,6,8,10H,5,7,9H2,(H,16,18). The van der Waals surface area contributed by atoms with E-state index in [4.69, 9.17) is 0 Å². The maximum atomic E-state index is 11.6. The van der Waals surface area contributed by atoms with Crippen molar-refractivity contribution in [1.29, 1.82) is 0 Å². The van der Waals surface area contributed by atoms with Gasteiger partial charge in [-0.15, -0.1) is 0 Å². The number of aromatic nitrogens is 2. The molecule has 1 amide bonds. The summed E-state index contributed by atoms with van der Waals surface area (Å²) in [6.45, 7) is 1.22. The van der Waals surface area contributed by atoms with Crippen molar-refractivity contribution in [2.75, 3.05) is 0 Å². The van der Waals surface area contributed by atoms with E-state index in [9.17, 15) is 4.79 Å². The largest absolute Gasteiger partial charge is 0.352 e. The zero-order chi connectivity index (χ0) is 12.8.